The van der Waals surface area contributed by atoms with Gasteiger partial charge in [-0.15, -0.1) is 0 Å². The molecule has 2 rings (SSSR count). The maximum atomic E-state index is 12.6. The van der Waals surface area contributed by atoms with Gasteiger partial charge in [-0.05, 0) is 39.0 Å². The van der Waals surface area contributed by atoms with E-state index in [9.17, 15) is 13.2 Å². The number of carbonyl (C=O) groups is 1. The smallest absolute Gasteiger partial charge is 0.254 e. The summed E-state index contributed by atoms with van der Waals surface area (Å²) >= 11 is 0. The molecule has 2 N–H and O–H groups in total. The van der Waals surface area contributed by atoms with Crippen LogP contribution in [0.4, 0.5) is 0 Å². The van der Waals surface area contributed by atoms with Crippen LogP contribution in [0.25, 0.3) is 0 Å². The topological polar surface area (TPSA) is 78.5 Å². The van der Waals surface area contributed by atoms with Crippen molar-refractivity contribution >= 4 is 15.9 Å². The Balaban J connectivity index is 2.26. The number of carbonyl (C=O) groups excluding carboxylic acids is 1. The van der Waals surface area contributed by atoms with Gasteiger partial charge in [-0.25, -0.2) is 13.1 Å². The van der Waals surface area contributed by atoms with E-state index in [0.717, 1.165) is 13.1 Å². The van der Waals surface area contributed by atoms with Crippen molar-refractivity contribution in [2.24, 2.45) is 0 Å². The molecular weight excluding hydrogens is 302 g/mol. The van der Waals surface area contributed by atoms with Crippen molar-refractivity contribution in [3.63, 3.8) is 0 Å². The summed E-state index contributed by atoms with van der Waals surface area (Å²) in [6, 6.07) is 6.11. The van der Waals surface area contributed by atoms with Crippen molar-refractivity contribution in [3.05, 3.63) is 29.8 Å². The first-order valence-electron chi connectivity index (χ1n) is 7.45. The zero-order valence-corrected chi connectivity index (χ0v) is 14.0. The first-order chi connectivity index (χ1) is 10.3. The van der Waals surface area contributed by atoms with E-state index in [4.69, 9.17) is 0 Å². The summed E-state index contributed by atoms with van der Waals surface area (Å²) in [7, 11) is -3.59. The monoisotopic (exact) mass is 325 g/mol. The van der Waals surface area contributed by atoms with Gasteiger partial charge in [0.1, 0.15) is 0 Å². The van der Waals surface area contributed by atoms with E-state index in [1.165, 1.54) is 12.1 Å². The molecule has 6 nitrogen and oxygen atoms in total. The Morgan fingerprint density at radius 1 is 1.41 bits per heavy atom. The summed E-state index contributed by atoms with van der Waals surface area (Å²) in [6.07, 6.45) is 0. The molecule has 1 saturated heterocycles. The van der Waals surface area contributed by atoms with Gasteiger partial charge in [0, 0.05) is 37.3 Å². The SMILES string of the molecule is CC(C)NS(=O)(=O)c1cccc(C(=O)N2CCNC[C@H]2C)c1. The van der Waals surface area contributed by atoms with Crippen LogP contribution in [-0.4, -0.2) is 50.9 Å². The molecule has 1 amide bonds. The third-order valence-electron chi connectivity index (χ3n) is 3.54. The van der Waals surface area contributed by atoms with Gasteiger partial charge in [0.15, 0.2) is 0 Å². The molecular formula is C15H23N3O3S. The van der Waals surface area contributed by atoms with Crippen molar-refractivity contribution in [3.8, 4) is 0 Å². The van der Waals surface area contributed by atoms with Crippen LogP contribution in [0.5, 0.6) is 0 Å². The highest BCUT2D eigenvalue weighted by atomic mass is 32.2. The minimum atomic E-state index is -3.59. The first kappa shape index (κ1) is 16.9. The Morgan fingerprint density at radius 2 is 2.14 bits per heavy atom. The number of piperazine rings is 1. The Hall–Kier alpha value is -1.44. The van der Waals surface area contributed by atoms with Gasteiger partial charge in [0.05, 0.1) is 4.90 Å². The second-order valence-electron chi connectivity index (χ2n) is 5.86. The maximum Gasteiger partial charge on any atom is 0.254 e. The Morgan fingerprint density at radius 3 is 2.77 bits per heavy atom. The molecule has 0 spiro atoms. The molecule has 0 unspecified atom stereocenters. The normalized spacial score (nSPS) is 19.5. The van der Waals surface area contributed by atoms with Crippen LogP contribution >= 0.6 is 0 Å². The summed E-state index contributed by atoms with van der Waals surface area (Å²) in [5, 5.41) is 3.23. The van der Waals surface area contributed by atoms with E-state index < -0.39 is 10.0 Å². The fourth-order valence-corrected chi connectivity index (χ4v) is 3.78. The number of nitrogens with zero attached hydrogens (tertiary/aromatic N) is 1. The quantitative estimate of drug-likeness (QED) is 0.858. The van der Waals surface area contributed by atoms with Gasteiger partial charge in [-0.3, -0.25) is 4.79 Å². The second kappa shape index (κ2) is 6.76. The molecule has 22 heavy (non-hydrogen) atoms. The number of benzene rings is 1. The predicted octanol–water partition coefficient (Wildman–Crippen LogP) is 0.807. The lowest BCUT2D eigenvalue weighted by Crippen LogP contribution is -2.52. The van der Waals surface area contributed by atoms with E-state index in [1.807, 2.05) is 6.92 Å². The van der Waals surface area contributed by atoms with E-state index in [0.29, 0.717) is 12.1 Å². The highest BCUT2D eigenvalue weighted by Gasteiger charge is 2.25. The van der Waals surface area contributed by atoms with Crippen LogP contribution in [0.3, 0.4) is 0 Å². The summed E-state index contributed by atoms with van der Waals surface area (Å²) < 4.78 is 27.0. The molecule has 1 aliphatic rings. The molecule has 0 radical (unpaired) electrons. The number of rotatable bonds is 4. The Labute approximate surface area is 131 Å². The number of amides is 1. The highest BCUT2D eigenvalue weighted by Crippen LogP contribution is 2.15. The summed E-state index contributed by atoms with van der Waals surface area (Å²) in [5.74, 6) is -0.129. The molecule has 1 heterocycles. The first-order valence-corrected chi connectivity index (χ1v) is 8.93. The zero-order chi connectivity index (χ0) is 16.3. The van der Waals surface area contributed by atoms with Gasteiger partial charge in [0.2, 0.25) is 10.0 Å². The lowest BCUT2D eigenvalue weighted by molar-refractivity contribution is 0.0655. The van der Waals surface area contributed by atoms with Crippen LogP contribution in [0, 0.1) is 0 Å². The standard InChI is InChI=1S/C15H23N3O3S/c1-11(2)17-22(20,21)14-6-4-5-13(9-14)15(19)18-8-7-16-10-12(18)3/h4-6,9,11-12,16-17H,7-8,10H2,1-3H3/t12-/m1/s1. The third kappa shape index (κ3) is 3.85. The van der Waals surface area contributed by atoms with Crippen LogP contribution in [0.2, 0.25) is 0 Å². The lowest BCUT2D eigenvalue weighted by Gasteiger charge is -2.34. The average Bonchev–Trinajstić information content (AvgIpc) is 2.46. The molecule has 0 saturated carbocycles. The fourth-order valence-electron chi connectivity index (χ4n) is 2.48. The third-order valence-corrected chi connectivity index (χ3v) is 5.20. The molecule has 1 aromatic carbocycles. The van der Waals surface area contributed by atoms with Gasteiger partial charge >= 0.3 is 0 Å². The van der Waals surface area contributed by atoms with Crippen LogP contribution in [-0.2, 0) is 10.0 Å². The number of hydrogen-bond acceptors (Lipinski definition) is 4. The van der Waals surface area contributed by atoms with Crippen molar-refractivity contribution in [1.82, 2.24) is 14.9 Å². The van der Waals surface area contributed by atoms with Crippen LogP contribution in [0.1, 0.15) is 31.1 Å². The molecule has 7 heteroatoms. The molecule has 1 fully saturated rings. The minimum absolute atomic E-state index is 0.0929. The average molecular weight is 325 g/mol. The van der Waals surface area contributed by atoms with Gasteiger partial charge in [-0.1, -0.05) is 6.07 Å². The molecule has 122 valence electrons. The van der Waals surface area contributed by atoms with E-state index in [1.54, 1.807) is 30.9 Å². The van der Waals surface area contributed by atoms with E-state index >= 15 is 0 Å². The zero-order valence-electron chi connectivity index (χ0n) is 13.2. The van der Waals surface area contributed by atoms with Crippen molar-refractivity contribution in [1.29, 1.82) is 0 Å². The maximum absolute atomic E-state index is 12.6. The molecule has 0 bridgehead atoms. The fraction of sp³-hybridized carbons (Fsp3) is 0.533. The van der Waals surface area contributed by atoms with Crippen LogP contribution < -0.4 is 10.0 Å². The minimum Gasteiger partial charge on any atom is -0.333 e. The predicted molar refractivity (Wildman–Crippen MR) is 85.3 cm³/mol. The number of sulfonamides is 1. The molecule has 1 atom stereocenters. The summed E-state index contributed by atoms with van der Waals surface area (Å²) in [4.78, 5) is 14.5. The summed E-state index contributed by atoms with van der Waals surface area (Å²) in [5.41, 5.74) is 0.403. The highest BCUT2D eigenvalue weighted by molar-refractivity contribution is 7.89. The van der Waals surface area contributed by atoms with Crippen molar-refractivity contribution < 1.29 is 13.2 Å². The second-order valence-corrected chi connectivity index (χ2v) is 7.57. The Bertz CT molecular complexity index is 643. The van der Waals surface area contributed by atoms with Gasteiger partial charge in [0.25, 0.3) is 5.91 Å². The summed E-state index contributed by atoms with van der Waals surface area (Å²) in [6.45, 7) is 7.62. The number of hydrogen-bond donors (Lipinski definition) is 2. The van der Waals surface area contributed by atoms with E-state index in [2.05, 4.69) is 10.0 Å². The molecule has 0 aromatic heterocycles. The van der Waals surface area contributed by atoms with E-state index in [-0.39, 0.29) is 22.9 Å². The van der Waals surface area contributed by atoms with Gasteiger partial charge < -0.3 is 10.2 Å². The number of nitrogens with one attached hydrogen (secondary N) is 2. The van der Waals surface area contributed by atoms with Crippen molar-refractivity contribution in [2.75, 3.05) is 19.6 Å². The Kier molecular flexibility index (Phi) is 5.20. The van der Waals surface area contributed by atoms with Crippen molar-refractivity contribution in [2.45, 2.75) is 37.8 Å². The molecule has 1 aromatic rings. The molecule has 0 aliphatic carbocycles. The molecule has 1 aliphatic heterocycles. The van der Waals surface area contributed by atoms with Crippen LogP contribution in [0.15, 0.2) is 29.2 Å². The largest absolute Gasteiger partial charge is 0.333 e. The lowest BCUT2D eigenvalue weighted by atomic mass is 10.1. The van der Waals surface area contributed by atoms with Gasteiger partial charge in [-0.2, -0.15) is 0 Å².